The van der Waals surface area contributed by atoms with Crippen molar-refractivity contribution >= 4 is 5.91 Å². The van der Waals surface area contributed by atoms with Crippen LogP contribution in [-0.2, 0) is 4.79 Å². The van der Waals surface area contributed by atoms with Crippen LogP contribution >= 0.6 is 0 Å². The third-order valence-corrected chi connectivity index (χ3v) is 5.62. The number of hydrogen-bond donors (Lipinski definition) is 1. The number of carbonyl (C=O) groups excluding carboxylic acids is 1. The van der Waals surface area contributed by atoms with Gasteiger partial charge in [0.05, 0.1) is 19.7 Å². The van der Waals surface area contributed by atoms with Gasteiger partial charge < -0.3 is 14.7 Å². The van der Waals surface area contributed by atoms with Gasteiger partial charge in [0, 0.05) is 19.2 Å². The van der Waals surface area contributed by atoms with Crippen LogP contribution < -0.4 is 4.74 Å². The summed E-state index contributed by atoms with van der Waals surface area (Å²) in [6, 6.07) is 8.62. The number of likely N-dealkylation sites (tertiary alicyclic amines) is 2. The Labute approximate surface area is 150 Å². The van der Waals surface area contributed by atoms with Gasteiger partial charge in [-0.15, -0.1) is 0 Å². The average Bonchev–Trinajstić information content (AvgIpc) is 3.13. The van der Waals surface area contributed by atoms with Crippen LogP contribution in [0.2, 0.25) is 0 Å². The smallest absolute Gasteiger partial charge is 0.237 e. The van der Waals surface area contributed by atoms with Gasteiger partial charge >= 0.3 is 0 Å². The summed E-state index contributed by atoms with van der Waals surface area (Å²) in [6.45, 7) is 2.50. The van der Waals surface area contributed by atoms with Crippen LogP contribution in [0.3, 0.4) is 0 Å². The SMILES string of the molecule is COc1ccc(C2CCCN2C(=O)CN2CCCCC2CCO)cc1. The first-order valence-corrected chi connectivity index (χ1v) is 9.51. The number of ether oxygens (including phenoxy) is 1. The van der Waals surface area contributed by atoms with Gasteiger partial charge in [-0.25, -0.2) is 0 Å². The molecule has 5 heteroatoms. The minimum atomic E-state index is 0.180. The standard InChI is InChI=1S/C20H30N2O3/c1-25-18-9-7-16(8-10-18)19-6-4-13-22(19)20(24)15-21-12-3-2-5-17(21)11-14-23/h7-10,17,19,23H,2-6,11-15H2,1H3. The zero-order valence-corrected chi connectivity index (χ0v) is 15.2. The first-order chi connectivity index (χ1) is 12.2. The normalized spacial score (nSPS) is 24.5. The molecule has 3 rings (SSSR count). The molecule has 138 valence electrons. The summed E-state index contributed by atoms with van der Waals surface area (Å²) in [5.41, 5.74) is 1.19. The summed E-state index contributed by atoms with van der Waals surface area (Å²) in [7, 11) is 1.67. The van der Waals surface area contributed by atoms with Gasteiger partial charge in [0.2, 0.25) is 5.91 Å². The summed E-state index contributed by atoms with van der Waals surface area (Å²) in [5.74, 6) is 1.07. The van der Waals surface area contributed by atoms with Crippen molar-refractivity contribution in [1.29, 1.82) is 0 Å². The van der Waals surface area contributed by atoms with Crippen LogP contribution in [0, 0.1) is 0 Å². The van der Waals surface area contributed by atoms with Gasteiger partial charge in [0.1, 0.15) is 5.75 Å². The second kappa shape index (κ2) is 8.68. The van der Waals surface area contributed by atoms with E-state index in [4.69, 9.17) is 4.74 Å². The van der Waals surface area contributed by atoms with Crippen molar-refractivity contribution in [2.75, 3.05) is 33.4 Å². The second-order valence-electron chi connectivity index (χ2n) is 7.15. The molecule has 25 heavy (non-hydrogen) atoms. The van der Waals surface area contributed by atoms with Crippen LogP contribution in [0.25, 0.3) is 0 Å². The van der Waals surface area contributed by atoms with Gasteiger partial charge in [-0.05, 0) is 56.3 Å². The largest absolute Gasteiger partial charge is 0.497 e. The molecule has 0 aromatic heterocycles. The van der Waals surface area contributed by atoms with Crippen molar-refractivity contribution in [1.82, 2.24) is 9.80 Å². The van der Waals surface area contributed by atoms with Crippen molar-refractivity contribution in [3.8, 4) is 5.75 Å². The van der Waals surface area contributed by atoms with Gasteiger partial charge in [-0.3, -0.25) is 9.69 Å². The highest BCUT2D eigenvalue weighted by atomic mass is 16.5. The highest BCUT2D eigenvalue weighted by molar-refractivity contribution is 5.79. The Morgan fingerprint density at radius 1 is 1.16 bits per heavy atom. The summed E-state index contributed by atoms with van der Waals surface area (Å²) in [4.78, 5) is 17.3. The minimum Gasteiger partial charge on any atom is -0.497 e. The zero-order valence-electron chi connectivity index (χ0n) is 15.2. The first-order valence-electron chi connectivity index (χ1n) is 9.51. The molecule has 5 nitrogen and oxygen atoms in total. The van der Waals surface area contributed by atoms with Crippen LogP contribution in [0.4, 0.5) is 0 Å². The number of aliphatic hydroxyl groups is 1. The lowest BCUT2D eigenvalue weighted by atomic mass is 9.99. The maximum atomic E-state index is 13.0. The zero-order chi connectivity index (χ0) is 17.6. The summed E-state index contributed by atoms with van der Waals surface area (Å²) >= 11 is 0. The van der Waals surface area contributed by atoms with Crippen LogP contribution in [0.15, 0.2) is 24.3 Å². The van der Waals surface area contributed by atoms with Gasteiger partial charge in [-0.2, -0.15) is 0 Å². The second-order valence-corrected chi connectivity index (χ2v) is 7.15. The topological polar surface area (TPSA) is 53.0 Å². The molecule has 2 aliphatic heterocycles. The number of methoxy groups -OCH3 is 1. The lowest BCUT2D eigenvalue weighted by Crippen LogP contribution is -2.47. The Kier molecular flexibility index (Phi) is 6.32. The van der Waals surface area contributed by atoms with E-state index >= 15 is 0 Å². The molecular formula is C20H30N2O3. The van der Waals surface area contributed by atoms with E-state index in [1.54, 1.807) is 7.11 Å². The molecule has 1 aromatic rings. The number of piperidine rings is 1. The molecular weight excluding hydrogens is 316 g/mol. The number of benzene rings is 1. The molecule has 0 radical (unpaired) electrons. The monoisotopic (exact) mass is 346 g/mol. The Morgan fingerprint density at radius 2 is 1.96 bits per heavy atom. The number of carbonyl (C=O) groups is 1. The van der Waals surface area contributed by atoms with E-state index < -0.39 is 0 Å². The Morgan fingerprint density at radius 3 is 2.68 bits per heavy atom. The molecule has 0 aliphatic carbocycles. The third-order valence-electron chi connectivity index (χ3n) is 5.62. The predicted molar refractivity (Wildman–Crippen MR) is 97.6 cm³/mol. The maximum absolute atomic E-state index is 13.0. The molecule has 2 heterocycles. The maximum Gasteiger partial charge on any atom is 0.237 e. The van der Waals surface area contributed by atoms with Crippen LogP contribution in [0.1, 0.15) is 50.1 Å². The number of rotatable bonds is 6. The average molecular weight is 346 g/mol. The third kappa shape index (κ3) is 4.33. The summed E-state index contributed by atoms with van der Waals surface area (Å²) in [6.07, 6.45) is 6.30. The molecule has 2 aliphatic rings. The van der Waals surface area contributed by atoms with Crippen LogP contribution in [-0.4, -0.2) is 60.2 Å². The fourth-order valence-electron chi connectivity index (χ4n) is 4.25. The molecule has 0 spiro atoms. The van der Waals surface area contributed by atoms with E-state index in [9.17, 15) is 9.90 Å². The van der Waals surface area contributed by atoms with Gasteiger partial charge in [-0.1, -0.05) is 18.6 Å². The highest BCUT2D eigenvalue weighted by Gasteiger charge is 2.32. The molecule has 2 atom stereocenters. The number of aliphatic hydroxyl groups excluding tert-OH is 1. The number of amides is 1. The Balaban J connectivity index is 1.65. The fraction of sp³-hybridized carbons (Fsp3) is 0.650. The molecule has 1 N–H and O–H groups in total. The van der Waals surface area contributed by atoms with Gasteiger partial charge in [0.15, 0.2) is 0 Å². The van der Waals surface area contributed by atoms with E-state index in [-0.39, 0.29) is 18.6 Å². The molecule has 1 amide bonds. The van der Waals surface area contributed by atoms with E-state index in [0.29, 0.717) is 12.6 Å². The molecule has 2 fully saturated rings. The summed E-state index contributed by atoms with van der Waals surface area (Å²) in [5, 5.41) is 9.28. The Bertz CT molecular complexity index is 559. The molecule has 2 unspecified atom stereocenters. The fourth-order valence-corrected chi connectivity index (χ4v) is 4.25. The predicted octanol–water partition coefficient (Wildman–Crippen LogP) is 2.60. The molecule has 1 aromatic carbocycles. The summed E-state index contributed by atoms with van der Waals surface area (Å²) < 4.78 is 5.23. The van der Waals surface area contributed by atoms with Crippen molar-refractivity contribution in [3.63, 3.8) is 0 Å². The van der Waals surface area contributed by atoms with Crippen LogP contribution in [0.5, 0.6) is 5.75 Å². The number of hydrogen-bond acceptors (Lipinski definition) is 4. The van der Waals surface area contributed by atoms with E-state index in [1.165, 1.54) is 12.0 Å². The van der Waals surface area contributed by atoms with Crippen molar-refractivity contribution in [2.24, 2.45) is 0 Å². The first kappa shape index (κ1) is 18.2. The van der Waals surface area contributed by atoms with Crippen molar-refractivity contribution in [3.05, 3.63) is 29.8 Å². The lowest BCUT2D eigenvalue weighted by molar-refractivity contribution is -0.134. The Hall–Kier alpha value is -1.59. The van der Waals surface area contributed by atoms with Crippen molar-refractivity contribution < 1.29 is 14.6 Å². The highest BCUT2D eigenvalue weighted by Crippen LogP contribution is 2.33. The molecule has 0 bridgehead atoms. The van der Waals surface area contributed by atoms with Gasteiger partial charge in [0.25, 0.3) is 0 Å². The molecule has 0 saturated carbocycles. The lowest BCUT2D eigenvalue weighted by Gasteiger charge is -2.36. The number of nitrogens with zero attached hydrogens (tertiary/aromatic N) is 2. The van der Waals surface area contributed by atoms with E-state index in [1.807, 2.05) is 17.0 Å². The van der Waals surface area contributed by atoms with E-state index in [0.717, 1.165) is 50.9 Å². The van der Waals surface area contributed by atoms with E-state index in [2.05, 4.69) is 17.0 Å². The molecule has 2 saturated heterocycles. The quantitative estimate of drug-likeness (QED) is 0.860. The van der Waals surface area contributed by atoms with Crippen molar-refractivity contribution in [2.45, 2.75) is 50.6 Å². The minimum absolute atomic E-state index is 0.180.